The summed E-state index contributed by atoms with van der Waals surface area (Å²) in [5.74, 6) is 1.08. The predicted octanol–water partition coefficient (Wildman–Crippen LogP) is 4.93. The number of ether oxygens (including phenoxy) is 1. The fourth-order valence-electron chi connectivity index (χ4n) is 3.22. The molecule has 3 rings (SSSR count). The standard InChI is InChI=1S/C24H27N3O2/c1-17(2)21-9-5-6-10-22(21)27-20-14-19(15-25-16-20)24(28)26-13-12-18-8-4-7-11-23(18)29-3/h4-11,14-17,27H,12-13H2,1-3H3,(H,26,28). The SMILES string of the molecule is COc1ccccc1CCNC(=O)c1cncc(Nc2ccccc2C(C)C)c1. The number of methoxy groups -OCH3 is 1. The molecule has 0 atom stereocenters. The number of amides is 1. The summed E-state index contributed by atoms with van der Waals surface area (Å²) >= 11 is 0. The van der Waals surface area contributed by atoms with Gasteiger partial charge in [0.2, 0.25) is 0 Å². The number of nitrogens with zero attached hydrogens (tertiary/aromatic N) is 1. The van der Waals surface area contributed by atoms with Crippen molar-refractivity contribution in [2.45, 2.75) is 26.2 Å². The van der Waals surface area contributed by atoms with Gasteiger partial charge in [-0.2, -0.15) is 0 Å². The number of hydrogen-bond acceptors (Lipinski definition) is 4. The van der Waals surface area contributed by atoms with Crippen LogP contribution < -0.4 is 15.4 Å². The van der Waals surface area contributed by atoms with Gasteiger partial charge in [0, 0.05) is 18.4 Å². The molecule has 0 spiro atoms. The molecule has 0 fully saturated rings. The van der Waals surface area contributed by atoms with Crippen LogP contribution in [0.4, 0.5) is 11.4 Å². The lowest BCUT2D eigenvalue weighted by molar-refractivity contribution is 0.0953. The Bertz CT molecular complexity index is 970. The van der Waals surface area contributed by atoms with Gasteiger partial charge in [0.25, 0.3) is 5.91 Å². The minimum atomic E-state index is -0.145. The maximum absolute atomic E-state index is 12.6. The van der Waals surface area contributed by atoms with Gasteiger partial charge in [0.05, 0.1) is 24.6 Å². The maximum Gasteiger partial charge on any atom is 0.252 e. The molecule has 2 N–H and O–H groups in total. The Morgan fingerprint density at radius 3 is 2.62 bits per heavy atom. The highest BCUT2D eigenvalue weighted by atomic mass is 16.5. The highest BCUT2D eigenvalue weighted by molar-refractivity contribution is 5.94. The molecule has 0 unspecified atom stereocenters. The second-order valence-electron chi connectivity index (χ2n) is 7.15. The zero-order valence-corrected chi connectivity index (χ0v) is 17.1. The van der Waals surface area contributed by atoms with E-state index >= 15 is 0 Å². The number of aromatic nitrogens is 1. The van der Waals surface area contributed by atoms with Crippen LogP contribution in [0.2, 0.25) is 0 Å². The highest BCUT2D eigenvalue weighted by Crippen LogP contribution is 2.26. The molecule has 3 aromatic rings. The van der Waals surface area contributed by atoms with Crippen LogP contribution in [0.3, 0.4) is 0 Å². The van der Waals surface area contributed by atoms with E-state index in [1.807, 2.05) is 48.5 Å². The van der Waals surface area contributed by atoms with Gasteiger partial charge in [-0.25, -0.2) is 0 Å². The summed E-state index contributed by atoms with van der Waals surface area (Å²) in [5.41, 5.74) is 4.62. The van der Waals surface area contributed by atoms with E-state index in [2.05, 4.69) is 35.5 Å². The fourth-order valence-corrected chi connectivity index (χ4v) is 3.22. The zero-order valence-electron chi connectivity index (χ0n) is 17.1. The van der Waals surface area contributed by atoms with Crippen molar-refractivity contribution in [2.75, 3.05) is 19.0 Å². The lowest BCUT2D eigenvalue weighted by atomic mass is 10.0. The Kier molecular flexibility index (Phi) is 6.85. The quantitative estimate of drug-likeness (QED) is 0.573. The van der Waals surface area contributed by atoms with Crippen molar-refractivity contribution in [1.82, 2.24) is 10.3 Å². The smallest absolute Gasteiger partial charge is 0.252 e. The molecule has 1 aromatic heterocycles. The van der Waals surface area contributed by atoms with Gasteiger partial charge in [0.15, 0.2) is 0 Å². The third-order valence-corrected chi connectivity index (χ3v) is 4.73. The molecule has 1 heterocycles. The van der Waals surface area contributed by atoms with E-state index in [4.69, 9.17) is 4.74 Å². The average Bonchev–Trinajstić information content (AvgIpc) is 2.74. The summed E-state index contributed by atoms with van der Waals surface area (Å²) in [6.07, 6.45) is 4.00. The molecule has 0 saturated heterocycles. The Hall–Kier alpha value is -3.34. The Morgan fingerprint density at radius 1 is 1.07 bits per heavy atom. The van der Waals surface area contributed by atoms with Gasteiger partial charge in [-0.3, -0.25) is 9.78 Å². The van der Waals surface area contributed by atoms with Gasteiger partial charge in [-0.05, 0) is 41.7 Å². The highest BCUT2D eigenvalue weighted by Gasteiger charge is 2.10. The number of para-hydroxylation sites is 2. The molecule has 0 aliphatic heterocycles. The number of pyridine rings is 1. The topological polar surface area (TPSA) is 63.2 Å². The number of nitrogens with one attached hydrogen (secondary N) is 2. The van der Waals surface area contributed by atoms with E-state index in [1.54, 1.807) is 19.5 Å². The summed E-state index contributed by atoms with van der Waals surface area (Å²) < 4.78 is 5.36. The van der Waals surface area contributed by atoms with Crippen molar-refractivity contribution in [3.8, 4) is 5.75 Å². The molecule has 0 aliphatic carbocycles. The van der Waals surface area contributed by atoms with Gasteiger partial charge >= 0.3 is 0 Å². The number of hydrogen-bond donors (Lipinski definition) is 2. The first-order valence-corrected chi connectivity index (χ1v) is 9.79. The lowest BCUT2D eigenvalue weighted by Gasteiger charge is -2.15. The summed E-state index contributed by atoms with van der Waals surface area (Å²) in [5, 5.41) is 6.34. The zero-order chi connectivity index (χ0) is 20.6. The largest absolute Gasteiger partial charge is 0.496 e. The molecule has 5 heteroatoms. The predicted molar refractivity (Wildman–Crippen MR) is 117 cm³/mol. The van der Waals surface area contributed by atoms with Crippen LogP contribution in [0.1, 0.15) is 41.3 Å². The van der Waals surface area contributed by atoms with Crippen LogP contribution in [0.15, 0.2) is 67.0 Å². The van der Waals surface area contributed by atoms with Crippen LogP contribution in [-0.2, 0) is 6.42 Å². The van der Waals surface area contributed by atoms with E-state index in [0.29, 0.717) is 24.4 Å². The summed E-state index contributed by atoms with van der Waals surface area (Å²) in [6.45, 7) is 4.84. The fraction of sp³-hybridized carbons (Fsp3) is 0.250. The first-order chi connectivity index (χ1) is 14.1. The van der Waals surface area contributed by atoms with Crippen molar-refractivity contribution in [3.05, 3.63) is 83.7 Å². The molecular weight excluding hydrogens is 362 g/mol. The van der Waals surface area contributed by atoms with E-state index in [0.717, 1.165) is 22.7 Å². The molecule has 2 aromatic carbocycles. The first kappa shape index (κ1) is 20.4. The van der Waals surface area contributed by atoms with E-state index in [1.165, 1.54) is 5.56 Å². The van der Waals surface area contributed by atoms with Gasteiger partial charge < -0.3 is 15.4 Å². The van der Waals surface area contributed by atoms with Crippen LogP contribution in [0.25, 0.3) is 0 Å². The monoisotopic (exact) mass is 389 g/mol. The van der Waals surface area contributed by atoms with Crippen LogP contribution in [-0.4, -0.2) is 24.5 Å². The minimum Gasteiger partial charge on any atom is -0.496 e. The molecule has 0 bridgehead atoms. The molecule has 0 radical (unpaired) electrons. The second kappa shape index (κ2) is 9.73. The van der Waals surface area contributed by atoms with Crippen LogP contribution in [0, 0.1) is 0 Å². The van der Waals surface area contributed by atoms with E-state index in [9.17, 15) is 4.79 Å². The normalized spacial score (nSPS) is 10.6. The Labute approximate surface area is 172 Å². The van der Waals surface area contributed by atoms with Crippen molar-refractivity contribution < 1.29 is 9.53 Å². The molecule has 150 valence electrons. The number of benzene rings is 2. The molecule has 5 nitrogen and oxygen atoms in total. The maximum atomic E-state index is 12.6. The van der Waals surface area contributed by atoms with Gasteiger partial charge in [-0.15, -0.1) is 0 Å². The summed E-state index contributed by atoms with van der Waals surface area (Å²) in [6, 6.07) is 17.8. The minimum absolute atomic E-state index is 0.145. The van der Waals surface area contributed by atoms with Crippen molar-refractivity contribution in [1.29, 1.82) is 0 Å². The Morgan fingerprint density at radius 2 is 1.83 bits per heavy atom. The molecule has 0 aliphatic rings. The van der Waals surface area contributed by atoms with Crippen LogP contribution >= 0.6 is 0 Å². The number of anilines is 2. The molecule has 29 heavy (non-hydrogen) atoms. The van der Waals surface area contributed by atoms with Crippen molar-refractivity contribution in [2.24, 2.45) is 0 Å². The molecular formula is C24H27N3O2. The van der Waals surface area contributed by atoms with Crippen LogP contribution in [0.5, 0.6) is 5.75 Å². The third-order valence-electron chi connectivity index (χ3n) is 4.73. The lowest BCUT2D eigenvalue weighted by Crippen LogP contribution is -2.26. The summed E-state index contributed by atoms with van der Waals surface area (Å²) in [4.78, 5) is 16.8. The van der Waals surface area contributed by atoms with Crippen molar-refractivity contribution >= 4 is 17.3 Å². The van der Waals surface area contributed by atoms with Crippen molar-refractivity contribution in [3.63, 3.8) is 0 Å². The van der Waals surface area contributed by atoms with Gasteiger partial charge in [-0.1, -0.05) is 50.2 Å². The average molecular weight is 389 g/mol. The number of carbonyl (C=O) groups excluding carboxylic acids is 1. The van der Waals surface area contributed by atoms with E-state index in [-0.39, 0.29) is 5.91 Å². The molecule has 0 saturated carbocycles. The number of rotatable bonds is 8. The number of carbonyl (C=O) groups is 1. The third kappa shape index (κ3) is 5.35. The van der Waals surface area contributed by atoms with Gasteiger partial charge in [0.1, 0.15) is 5.75 Å². The summed E-state index contributed by atoms with van der Waals surface area (Å²) in [7, 11) is 1.65. The Balaban J connectivity index is 1.64. The molecule has 1 amide bonds. The first-order valence-electron chi connectivity index (χ1n) is 9.79. The second-order valence-corrected chi connectivity index (χ2v) is 7.15. The van der Waals surface area contributed by atoms with E-state index < -0.39 is 0 Å².